The molecular weight excluding hydrogens is 345 g/mol. The number of carbonyl (C=O) groups is 1. The smallest absolute Gasteiger partial charge is 0.338 e. The number of ether oxygens (including phenoxy) is 1. The van der Waals surface area contributed by atoms with Crippen molar-refractivity contribution in [2.24, 2.45) is 0 Å². The molecule has 6 nitrogen and oxygen atoms in total. The molecule has 0 saturated heterocycles. The number of aromatic amines is 1. The maximum atomic E-state index is 13.1. The number of carbonyl (C=O) groups excluding carboxylic acids is 1. The molecule has 8 heteroatoms. The number of hydrogen-bond acceptors (Lipinski definition) is 5. The highest BCUT2D eigenvalue weighted by molar-refractivity contribution is 7.71. The average molecular weight is 359 g/mol. The lowest BCUT2D eigenvalue weighted by molar-refractivity contribution is 0.0602. The molecule has 0 aliphatic heterocycles. The largest absolute Gasteiger partial charge is 0.465 e. The number of pyridine rings is 1. The Morgan fingerprint density at radius 2 is 2.04 bits per heavy atom. The Bertz CT molecular complexity index is 1090. The number of esters is 1. The van der Waals surface area contributed by atoms with Crippen molar-refractivity contribution in [2.75, 3.05) is 7.11 Å². The molecule has 0 amide bonds. The highest BCUT2D eigenvalue weighted by atomic mass is 32.1. The first-order chi connectivity index (χ1) is 11.9. The second-order valence-corrected chi connectivity index (χ2v) is 5.86. The Morgan fingerprint density at radius 1 is 1.36 bits per heavy atom. The Kier molecular flexibility index (Phi) is 4.45. The van der Waals surface area contributed by atoms with Crippen LogP contribution >= 0.6 is 12.2 Å². The van der Waals surface area contributed by atoms with Crippen LogP contribution in [0, 0.1) is 17.5 Å². The van der Waals surface area contributed by atoms with E-state index >= 15 is 0 Å². The van der Waals surface area contributed by atoms with Crippen molar-refractivity contribution in [1.82, 2.24) is 14.5 Å². The summed E-state index contributed by atoms with van der Waals surface area (Å²) in [7, 11) is 1.24. The van der Waals surface area contributed by atoms with Gasteiger partial charge in [0.05, 0.1) is 24.6 Å². The predicted molar refractivity (Wildman–Crippen MR) is 92.8 cm³/mol. The van der Waals surface area contributed by atoms with E-state index in [4.69, 9.17) is 17.0 Å². The molecular formula is C17H14FN3O3S. The maximum Gasteiger partial charge on any atom is 0.338 e. The van der Waals surface area contributed by atoms with E-state index in [1.165, 1.54) is 29.9 Å². The first-order valence-corrected chi connectivity index (χ1v) is 7.78. The van der Waals surface area contributed by atoms with Gasteiger partial charge in [-0.25, -0.2) is 14.2 Å². The summed E-state index contributed by atoms with van der Waals surface area (Å²) in [5.74, 6) is -1.00. The van der Waals surface area contributed by atoms with Crippen molar-refractivity contribution in [3.63, 3.8) is 0 Å². The van der Waals surface area contributed by atoms with E-state index in [1.807, 2.05) is 0 Å². The number of nitrogens with one attached hydrogen (secondary N) is 1. The van der Waals surface area contributed by atoms with Gasteiger partial charge >= 0.3 is 5.97 Å². The molecule has 0 unspecified atom stereocenters. The van der Waals surface area contributed by atoms with Crippen molar-refractivity contribution < 1.29 is 13.9 Å². The third kappa shape index (κ3) is 3.20. The summed E-state index contributed by atoms with van der Waals surface area (Å²) >= 11 is 5.25. The molecule has 128 valence electrons. The predicted octanol–water partition coefficient (Wildman–Crippen LogP) is 2.74. The van der Waals surface area contributed by atoms with Crippen LogP contribution in [0.5, 0.6) is 0 Å². The van der Waals surface area contributed by atoms with Gasteiger partial charge in [0.2, 0.25) is 0 Å². The van der Waals surface area contributed by atoms with Gasteiger partial charge in [-0.1, -0.05) is 12.1 Å². The summed E-state index contributed by atoms with van der Waals surface area (Å²) in [5, 5.41) is 0.105. The quantitative estimate of drug-likeness (QED) is 0.575. The number of rotatable bonds is 3. The number of halogens is 1. The lowest BCUT2D eigenvalue weighted by atomic mass is 10.1. The van der Waals surface area contributed by atoms with Crippen LogP contribution in [-0.4, -0.2) is 27.6 Å². The zero-order valence-electron chi connectivity index (χ0n) is 13.5. The van der Waals surface area contributed by atoms with Gasteiger partial charge in [-0.3, -0.25) is 9.36 Å². The molecule has 0 fully saturated rings. The molecule has 0 atom stereocenters. The maximum absolute atomic E-state index is 13.1. The fourth-order valence-electron chi connectivity index (χ4n) is 2.56. The number of benzene rings is 1. The molecule has 1 N–H and O–H groups in total. The summed E-state index contributed by atoms with van der Waals surface area (Å²) < 4.78 is 19.3. The normalized spacial score (nSPS) is 10.8. The summed E-state index contributed by atoms with van der Waals surface area (Å²) in [5.41, 5.74) is 1.13. The van der Waals surface area contributed by atoms with Gasteiger partial charge in [-0.15, -0.1) is 0 Å². The molecule has 1 aromatic carbocycles. The van der Waals surface area contributed by atoms with Crippen molar-refractivity contribution in [2.45, 2.75) is 13.5 Å². The molecule has 0 aliphatic carbocycles. The number of aromatic nitrogens is 3. The van der Waals surface area contributed by atoms with Gasteiger partial charge in [0.15, 0.2) is 4.77 Å². The van der Waals surface area contributed by atoms with Crippen molar-refractivity contribution >= 4 is 29.2 Å². The molecule has 3 aromatic rings. The number of methoxy groups -OCH3 is 1. The van der Waals surface area contributed by atoms with Gasteiger partial charge in [0.1, 0.15) is 11.5 Å². The van der Waals surface area contributed by atoms with E-state index in [2.05, 4.69) is 9.97 Å². The van der Waals surface area contributed by atoms with Gasteiger partial charge in [-0.2, -0.15) is 0 Å². The van der Waals surface area contributed by atoms with E-state index in [-0.39, 0.29) is 33.7 Å². The summed E-state index contributed by atoms with van der Waals surface area (Å²) in [6.07, 6.45) is 0. The lowest BCUT2D eigenvalue weighted by Crippen LogP contribution is -2.25. The van der Waals surface area contributed by atoms with Crippen LogP contribution in [0.1, 0.15) is 21.6 Å². The summed E-state index contributed by atoms with van der Waals surface area (Å²) in [6, 6.07) is 7.23. The number of fused-ring (bicyclic) bond motifs is 1. The van der Waals surface area contributed by atoms with Crippen LogP contribution in [0.2, 0.25) is 0 Å². The van der Waals surface area contributed by atoms with Gasteiger partial charge in [0, 0.05) is 5.69 Å². The standard InChI is InChI=1S/C17H14FN3O3S/c1-9-7-12(16(23)24-2)13-14(19-9)20-17(25)21(15(13)22)8-10-3-5-11(18)6-4-10/h3-7H,8H2,1-2H3,(H,19,20,25). The van der Waals surface area contributed by atoms with Gasteiger partial charge in [-0.05, 0) is 42.9 Å². The van der Waals surface area contributed by atoms with Crippen LogP contribution in [0.15, 0.2) is 35.1 Å². The van der Waals surface area contributed by atoms with Crippen LogP contribution in [0.25, 0.3) is 11.0 Å². The van der Waals surface area contributed by atoms with E-state index in [0.29, 0.717) is 11.3 Å². The number of nitrogens with zero attached hydrogens (tertiary/aromatic N) is 2. The topological polar surface area (TPSA) is 77.0 Å². The van der Waals surface area contributed by atoms with Crippen LogP contribution in [0.4, 0.5) is 4.39 Å². The van der Waals surface area contributed by atoms with Crippen molar-refractivity contribution in [3.8, 4) is 0 Å². The molecule has 2 aromatic heterocycles. The Balaban J connectivity index is 2.25. The molecule has 0 spiro atoms. The fraction of sp³-hybridized carbons (Fsp3) is 0.176. The Morgan fingerprint density at radius 3 is 2.68 bits per heavy atom. The van der Waals surface area contributed by atoms with E-state index in [9.17, 15) is 14.0 Å². The fourth-order valence-corrected chi connectivity index (χ4v) is 2.81. The third-order valence-electron chi connectivity index (χ3n) is 3.74. The van der Waals surface area contributed by atoms with E-state index < -0.39 is 11.5 Å². The first kappa shape index (κ1) is 17.0. The highest BCUT2D eigenvalue weighted by Crippen LogP contribution is 2.15. The summed E-state index contributed by atoms with van der Waals surface area (Å²) in [4.78, 5) is 32.1. The number of H-pyrrole nitrogens is 1. The zero-order chi connectivity index (χ0) is 18.1. The minimum atomic E-state index is -0.633. The van der Waals surface area contributed by atoms with Gasteiger partial charge in [0.25, 0.3) is 5.56 Å². The lowest BCUT2D eigenvalue weighted by Gasteiger charge is -2.11. The molecule has 0 aliphatic rings. The van der Waals surface area contributed by atoms with E-state index in [0.717, 1.165) is 0 Å². The molecule has 3 rings (SSSR count). The monoisotopic (exact) mass is 359 g/mol. The SMILES string of the molecule is COC(=O)c1cc(C)nc2[nH]c(=S)n(Cc3ccc(F)cc3)c(=O)c12. The number of hydrogen-bond donors (Lipinski definition) is 1. The highest BCUT2D eigenvalue weighted by Gasteiger charge is 2.18. The first-order valence-electron chi connectivity index (χ1n) is 7.38. The average Bonchev–Trinajstić information content (AvgIpc) is 2.58. The Labute approximate surface area is 146 Å². The minimum Gasteiger partial charge on any atom is -0.465 e. The van der Waals surface area contributed by atoms with Crippen LogP contribution in [0.3, 0.4) is 0 Å². The van der Waals surface area contributed by atoms with Crippen LogP contribution < -0.4 is 5.56 Å². The second kappa shape index (κ2) is 6.56. The van der Waals surface area contributed by atoms with Gasteiger partial charge < -0.3 is 9.72 Å². The molecule has 0 bridgehead atoms. The third-order valence-corrected chi connectivity index (χ3v) is 4.06. The van der Waals surface area contributed by atoms with Crippen LogP contribution in [-0.2, 0) is 11.3 Å². The summed E-state index contributed by atoms with van der Waals surface area (Å²) in [6.45, 7) is 1.84. The molecule has 0 radical (unpaired) electrons. The van der Waals surface area contributed by atoms with E-state index in [1.54, 1.807) is 19.1 Å². The second-order valence-electron chi connectivity index (χ2n) is 5.47. The van der Waals surface area contributed by atoms with Crippen molar-refractivity contribution in [3.05, 3.63) is 68.1 Å². The minimum absolute atomic E-state index is 0.105. The molecule has 2 heterocycles. The zero-order valence-corrected chi connectivity index (χ0v) is 14.3. The van der Waals surface area contributed by atoms with Crippen molar-refractivity contribution in [1.29, 1.82) is 0 Å². The number of aryl methyl sites for hydroxylation is 1. The molecule has 0 saturated carbocycles. The molecule has 25 heavy (non-hydrogen) atoms. The Hall–Kier alpha value is -2.87.